The summed E-state index contributed by atoms with van der Waals surface area (Å²) >= 11 is 0. The van der Waals surface area contributed by atoms with Gasteiger partial charge in [0.15, 0.2) is 0 Å². The van der Waals surface area contributed by atoms with Gasteiger partial charge in [-0.2, -0.15) is 0 Å². The highest BCUT2D eigenvalue weighted by molar-refractivity contribution is 6.26. The van der Waals surface area contributed by atoms with Crippen molar-refractivity contribution >= 4 is 32.3 Å². The van der Waals surface area contributed by atoms with Crippen molar-refractivity contribution < 1.29 is 0 Å². The topological polar surface area (TPSA) is 116 Å². The molecule has 0 aliphatic heterocycles. The minimum absolute atomic E-state index is 0.803. The number of aromatic nitrogens is 9. The summed E-state index contributed by atoms with van der Waals surface area (Å²) in [6.07, 6.45) is 16.7. The fourth-order valence-corrected chi connectivity index (χ4v) is 9.38. The molecule has 9 heteroatoms. The number of rotatable bonds is 9. The summed E-state index contributed by atoms with van der Waals surface area (Å²) in [5.74, 6) is 0. The number of nitrogens with zero attached hydrogens (tertiary/aromatic N) is 9. The molecule has 13 rings (SSSR count). The Kier molecular flexibility index (Phi) is 10.6. The molecule has 0 radical (unpaired) electrons. The second-order valence-electron chi connectivity index (χ2n) is 17.5. The fourth-order valence-electron chi connectivity index (χ4n) is 9.38. The van der Waals surface area contributed by atoms with Crippen LogP contribution in [0.25, 0.3) is 134 Å². The molecule has 0 fully saturated rings. The third-order valence-corrected chi connectivity index (χ3v) is 13.2. The first-order chi connectivity index (χ1) is 35.6. The van der Waals surface area contributed by atoms with Crippen LogP contribution in [0.5, 0.6) is 0 Å². The SMILES string of the molecule is c1ccc(-c2ccc(-c3ccc(-c4ccc5c(c4)c4ccc(-c6ccc(-c7ccc(-c8ccccn8)cn7)nc6)cc4c4ccc(-c6ccc(-c7ccc(-c8ccccn8)cn7)nc6)cc54)cn3)nc2)nc1. The Morgan fingerprint density at radius 2 is 0.417 bits per heavy atom. The van der Waals surface area contributed by atoms with E-state index < -0.39 is 0 Å². The Hall–Kier alpha value is -9.99. The van der Waals surface area contributed by atoms with Gasteiger partial charge in [0, 0.05) is 89.2 Å². The summed E-state index contributed by atoms with van der Waals surface area (Å²) in [7, 11) is 0. The van der Waals surface area contributed by atoms with Crippen molar-refractivity contribution in [3.05, 3.63) is 238 Å². The fraction of sp³-hybridized carbons (Fsp3) is 0. The van der Waals surface area contributed by atoms with Crippen LogP contribution >= 0.6 is 0 Å². The first-order valence-electron chi connectivity index (χ1n) is 23.6. The maximum atomic E-state index is 4.89. The second kappa shape index (κ2) is 18.2. The molecule has 0 unspecified atom stereocenters. The number of pyridine rings is 9. The lowest BCUT2D eigenvalue weighted by Crippen LogP contribution is -1.91. The van der Waals surface area contributed by atoms with Gasteiger partial charge in [-0.05, 0) is 158 Å². The highest BCUT2D eigenvalue weighted by Gasteiger charge is 2.15. The molecule has 9 nitrogen and oxygen atoms in total. The molecule has 0 saturated heterocycles. The molecule has 0 N–H and O–H groups in total. The van der Waals surface area contributed by atoms with E-state index in [4.69, 9.17) is 29.9 Å². The molecule has 9 heterocycles. The summed E-state index contributed by atoms with van der Waals surface area (Å²) < 4.78 is 0. The van der Waals surface area contributed by atoms with Gasteiger partial charge in [0.25, 0.3) is 0 Å². The summed E-state index contributed by atoms with van der Waals surface area (Å²) in [6, 6.07) is 62.4. The van der Waals surface area contributed by atoms with Crippen molar-refractivity contribution in [3.8, 4) is 101 Å². The molecule has 9 aromatic heterocycles. The van der Waals surface area contributed by atoms with E-state index in [9.17, 15) is 0 Å². The van der Waals surface area contributed by atoms with E-state index in [-0.39, 0.29) is 0 Å². The Balaban J connectivity index is 0.861. The molecule has 4 aromatic carbocycles. The van der Waals surface area contributed by atoms with Gasteiger partial charge < -0.3 is 0 Å². The van der Waals surface area contributed by atoms with Gasteiger partial charge in [-0.3, -0.25) is 44.9 Å². The van der Waals surface area contributed by atoms with Crippen LogP contribution in [-0.4, -0.2) is 44.9 Å². The van der Waals surface area contributed by atoms with E-state index in [0.29, 0.717) is 0 Å². The number of hydrogen-bond donors (Lipinski definition) is 0. The Labute approximate surface area is 414 Å². The molecule has 0 saturated carbocycles. The van der Waals surface area contributed by atoms with Gasteiger partial charge in [-0.25, -0.2) is 0 Å². The lowest BCUT2D eigenvalue weighted by atomic mass is 9.89. The maximum Gasteiger partial charge on any atom is 0.0886 e. The predicted molar refractivity (Wildman–Crippen MR) is 288 cm³/mol. The standard InChI is InChI=1S/C63H39N9/c1-4-28-64-55(7-1)46-16-25-61(70-37-46)58-22-13-43(34-67-58)40-10-19-49-52(31-40)50-20-11-41(44-14-23-59(68-35-44)62-26-17-47(38-71-62)56-8-2-5-29-65-56)33-54(50)51-21-12-42(32-53(49)51)45-15-24-60(69-36-45)63-27-18-48(39-72-63)57-9-3-6-30-66-57/h1-39H. The number of fused-ring (bicyclic) bond motifs is 6. The lowest BCUT2D eigenvalue weighted by Gasteiger charge is -2.15. The molecule has 72 heavy (non-hydrogen) atoms. The molecule has 0 aliphatic rings. The minimum atomic E-state index is 0.803. The van der Waals surface area contributed by atoms with Gasteiger partial charge in [-0.1, -0.05) is 72.8 Å². The van der Waals surface area contributed by atoms with E-state index in [2.05, 4.69) is 87.7 Å². The molecular weight excluding hydrogens is 883 g/mol. The Bertz CT molecular complexity index is 3600. The normalized spacial score (nSPS) is 11.3. The monoisotopic (exact) mass is 921 g/mol. The number of benzene rings is 4. The van der Waals surface area contributed by atoms with E-state index in [1.165, 1.54) is 0 Å². The van der Waals surface area contributed by atoms with Crippen molar-refractivity contribution in [2.75, 3.05) is 0 Å². The molecule has 0 spiro atoms. The highest BCUT2D eigenvalue weighted by atomic mass is 14.8. The van der Waals surface area contributed by atoms with Crippen molar-refractivity contribution in [1.82, 2.24) is 44.9 Å². The van der Waals surface area contributed by atoms with Crippen molar-refractivity contribution in [3.63, 3.8) is 0 Å². The smallest absolute Gasteiger partial charge is 0.0886 e. The van der Waals surface area contributed by atoms with Gasteiger partial charge in [-0.15, -0.1) is 0 Å². The van der Waals surface area contributed by atoms with Crippen LogP contribution in [0, 0.1) is 0 Å². The summed E-state index contributed by atoms with van der Waals surface area (Å²) in [5, 5.41) is 6.93. The minimum Gasteiger partial charge on any atom is -0.256 e. The quantitative estimate of drug-likeness (QED) is 0.130. The van der Waals surface area contributed by atoms with Gasteiger partial charge in [0.05, 0.1) is 51.2 Å². The van der Waals surface area contributed by atoms with E-state index in [1.807, 2.05) is 146 Å². The maximum absolute atomic E-state index is 4.89. The third-order valence-electron chi connectivity index (χ3n) is 13.2. The zero-order valence-corrected chi connectivity index (χ0v) is 38.5. The van der Waals surface area contributed by atoms with Crippen LogP contribution in [0.2, 0.25) is 0 Å². The van der Waals surface area contributed by atoms with Gasteiger partial charge in [0.1, 0.15) is 0 Å². The van der Waals surface area contributed by atoms with Gasteiger partial charge >= 0.3 is 0 Å². The average Bonchev–Trinajstić information content (AvgIpc) is 3.48. The zero-order chi connectivity index (χ0) is 47.8. The Morgan fingerprint density at radius 1 is 0.167 bits per heavy atom. The number of hydrogen-bond acceptors (Lipinski definition) is 9. The average molecular weight is 922 g/mol. The van der Waals surface area contributed by atoms with E-state index >= 15 is 0 Å². The molecule has 13 aromatic rings. The van der Waals surface area contributed by atoms with Crippen molar-refractivity contribution in [1.29, 1.82) is 0 Å². The first kappa shape index (κ1) is 42.1. The van der Waals surface area contributed by atoms with Crippen LogP contribution < -0.4 is 0 Å². The second-order valence-corrected chi connectivity index (χ2v) is 17.5. The van der Waals surface area contributed by atoms with Crippen LogP contribution in [0.3, 0.4) is 0 Å². The summed E-state index contributed by atoms with van der Waals surface area (Å²) in [6.45, 7) is 0. The van der Waals surface area contributed by atoms with E-state index in [0.717, 1.165) is 134 Å². The molecule has 0 bridgehead atoms. The lowest BCUT2D eigenvalue weighted by molar-refractivity contribution is 1.24. The Morgan fingerprint density at radius 3 is 0.639 bits per heavy atom. The van der Waals surface area contributed by atoms with Crippen LogP contribution in [0.4, 0.5) is 0 Å². The van der Waals surface area contributed by atoms with Crippen molar-refractivity contribution in [2.24, 2.45) is 0 Å². The highest BCUT2D eigenvalue weighted by Crippen LogP contribution is 2.41. The van der Waals surface area contributed by atoms with Crippen LogP contribution in [-0.2, 0) is 0 Å². The first-order valence-corrected chi connectivity index (χ1v) is 23.6. The van der Waals surface area contributed by atoms with Crippen LogP contribution in [0.15, 0.2) is 238 Å². The largest absolute Gasteiger partial charge is 0.256 e. The molecular formula is C63H39N9. The molecule has 0 atom stereocenters. The van der Waals surface area contributed by atoms with E-state index in [1.54, 1.807) is 18.6 Å². The molecule has 0 aliphatic carbocycles. The zero-order valence-electron chi connectivity index (χ0n) is 38.5. The van der Waals surface area contributed by atoms with Gasteiger partial charge in [0.2, 0.25) is 0 Å². The third kappa shape index (κ3) is 8.06. The summed E-state index contributed by atoms with van der Waals surface area (Å²) in [4.78, 5) is 42.3. The molecule has 0 amide bonds. The van der Waals surface area contributed by atoms with Crippen molar-refractivity contribution in [2.45, 2.75) is 0 Å². The predicted octanol–water partition coefficient (Wildman–Crippen LogP) is 14.7. The van der Waals surface area contributed by atoms with Crippen LogP contribution in [0.1, 0.15) is 0 Å². The molecule has 336 valence electrons. The summed E-state index contributed by atoms with van der Waals surface area (Å²) in [5.41, 5.74) is 16.6.